The first-order valence-electron chi connectivity index (χ1n) is 9.52. The van der Waals surface area contributed by atoms with Gasteiger partial charge in [-0.1, -0.05) is 60.1 Å². The fourth-order valence-electron chi connectivity index (χ4n) is 3.21. The van der Waals surface area contributed by atoms with Crippen molar-refractivity contribution >= 4 is 49.7 Å². The lowest BCUT2D eigenvalue weighted by Gasteiger charge is -2.13. The van der Waals surface area contributed by atoms with Crippen molar-refractivity contribution in [2.24, 2.45) is 0 Å². The summed E-state index contributed by atoms with van der Waals surface area (Å²) in [6.45, 7) is 1.80. The summed E-state index contributed by atoms with van der Waals surface area (Å²) in [6.07, 6.45) is 0. The van der Waals surface area contributed by atoms with Gasteiger partial charge in [0.1, 0.15) is 4.90 Å². The van der Waals surface area contributed by atoms with Crippen molar-refractivity contribution in [3.63, 3.8) is 0 Å². The van der Waals surface area contributed by atoms with Crippen LogP contribution in [0.3, 0.4) is 0 Å². The minimum absolute atomic E-state index is 0.0309. The number of amides is 1. The molecule has 4 rings (SSSR count). The third kappa shape index (κ3) is 4.55. The second kappa shape index (κ2) is 8.41. The quantitative estimate of drug-likeness (QED) is 0.400. The van der Waals surface area contributed by atoms with E-state index in [1.807, 2.05) is 42.5 Å². The third-order valence-corrected chi connectivity index (χ3v) is 6.73. The van der Waals surface area contributed by atoms with Gasteiger partial charge >= 0.3 is 0 Å². The van der Waals surface area contributed by atoms with Gasteiger partial charge in [0, 0.05) is 11.3 Å². The molecule has 156 valence electrons. The Labute approximate surface area is 185 Å². The van der Waals surface area contributed by atoms with Crippen molar-refractivity contribution in [3.05, 3.63) is 101 Å². The largest absolute Gasteiger partial charge is 0.322 e. The van der Waals surface area contributed by atoms with Gasteiger partial charge in [-0.25, -0.2) is 8.42 Å². The Kier molecular flexibility index (Phi) is 5.67. The van der Waals surface area contributed by atoms with Gasteiger partial charge in [-0.05, 0) is 59.7 Å². The third-order valence-electron chi connectivity index (χ3n) is 4.88. The van der Waals surface area contributed by atoms with Gasteiger partial charge in [-0.15, -0.1) is 0 Å². The second-order valence-electron chi connectivity index (χ2n) is 7.08. The number of rotatable bonds is 5. The number of aryl methyl sites for hydroxylation is 1. The minimum Gasteiger partial charge on any atom is -0.322 e. The van der Waals surface area contributed by atoms with E-state index in [2.05, 4.69) is 10.0 Å². The maximum atomic E-state index is 12.9. The molecule has 0 bridgehead atoms. The van der Waals surface area contributed by atoms with Crippen molar-refractivity contribution in [2.75, 3.05) is 10.0 Å². The van der Waals surface area contributed by atoms with E-state index in [0.29, 0.717) is 11.4 Å². The molecule has 0 aliphatic heterocycles. The first-order valence-corrected chi connectivity index (χ1v) is 11.4. The van der Waals surface area contributed by atoms with E-state index >= 15 is 0 Å². The van der Waals surface area contributed by atoms with Crippen LogP contribution in [0.25, 0.3) is 10.8 Å². The molecule has 1 amide bonds. The first-order chi connectivity index (χ1) is 14.8. The topological polar surface area (TPSA) is 75.3 Å². The van der Waals surface area contributed by atoms with Crippen LogP contribution in [0.5, 0.6) is 0 Å². The Bertz CT molecular complexity index is 1400. The molecule has 0 aliphatic carbocycles. The van der Waals surface area contributed by atoms with Gasteiger partial charge in [-0.3, -0.25) is 9.52 Å². The van der Waals surface area contributed by atoms with E-state index in [1.54, 1.807) is 31.2 Å². The van der Waals surface area contributed by atoms with Crippen molar-refractivity contribution in [3.8, 4) is 0 Å². The highest BCUT2D eigenvalue weighted by Gasteiger charge is 2.21. The molecule has 7 heteroatoms. The molecule has 0 atom stereocenters. The van der Waals surface area contributed by atoms with E-state index in [4.69, 9.17) is 11.6 Å². The van der Waals surface area contributed by atoms with Gasteiger partial charge in [0.25, 0.3) is 15.9 Å². The number of benzene rings is 4. The summed E-state index contributed by atoms with van der Waals surface area (Å²) >= 11 is 6.17. The van der Waals surface area contributed by atoms with Gasteiger partial charge in [0.2, 0.25) is 0 Å². The molecule has 4 aromatic carbocycles. The molecule has 0 fully saturated rings. The molecule has 2 N–H and O–H groups in total. The van der Waals surface area contributed by atoms with Crippen LogP contribution in [-0.4, -0.2) is 14.3 Å². The van der Waals surface area contributed by atoms with E-state index in [0.717, 1.165) is 16.3 Å². The maximum absolute atomic E-state index is 12.9. The first kappa shape index (κ1) is 20.9. The molecular weight excluding hydrogens is 432 g/mol. The summed E-state index contributed by atoms with van der Waals surface area (Å²) in [5.74, 6) is -0.431. The highest BCUT2D eigenvalue weighted by molar-refractivity contribution is 7.92. The summed E-state index contributed by atoms with van der Waals surface area (Å²) in [6, 6.07) is 24.6. The Balaban J connectivity index is 1.61. The predicted molar refractivity (Wildman–Crippen MR) is 125 cm³/mol. The standard InChI is InChI=1S/C24H19ClN2O3S/c1-16-6-2-5-9-22(16)27-31(29,30)23-15-19(11-13-21(23)25)24(28)26-20-12-10-17-7-3-4-8-18(17)14-20/h2-15,27H,1H3,(H,26,28). The van der Waals surface area contributed by atoms with Crippen molar-refractivity contribution in [1.29, 1.82) is 0 Å². The Morgan fingerprint density at radius 1 is 0.839 bits per heavy atom. The van der Waals surface area contributed by atoms with E-state index in [-0.39, 0.29) is 15.5 Å². The van der Waals surface area contributed by atoms with Crippen molar-refractivity contribution in [1.82, 2.24) is 0 Å². The summed E-state index contributed by atoms with van der Waals surface area (Å²) in [5, 5.41) is 4.89. The van der Waals surface area contributed by atoms with Crippen molar-refractivity contribution < 1.29 is 13.2 Å². The van der Waals surface area contributed by atoms with E-state index < -0.39 is 15.9 Å². The second-order valence-corrected chi connectivity index (χ2v) is 9.14. The molecule has 0 aliphatic rings. The maximum Gasteiger partial charge on any atom is 0.263 e. The fourth-order valence-corrected chi connectivity index (χ4v) is 4.87. The highest BCUT2D eigenvalue weighted by atomic mass is 35.5. The molecular formula is C24H19ClN2O3S. The highest BCUT2D eigenvalue weighted by Crippen LogP contribution is 2.27. The van der Waals surface area contributed by atoms with Crippen molar-refractivity contribution in [2.45, 2.75) is 11.8 Å². The van der Waals surface area contributed by atoms with E-state index in [1.165, 1.54) is 18.2 Å². The number of hydrogen-bond acceptors (Lipinski definition) is 3. The normalized spacial score (nSPS) is 11.3. The Hall–Kier alpha value is -3.35. The average Bonchev–Trinajstić information content (AvgIpc) is 2.75. The van der Waals surface area contributed by atoms with Crippen LogP contribution >= 0.6 is 11.6 Å². The van der Waals surface area contributed by atoms with Gasteiger partial charge in [-0.2, -0.15) is 0 Å². The number of carbonyl (C=O) groups excluding carboxylic acids is 1. The van der Waals surface area contributed by atoms with Crippen LogP contribution in [0.1, 0.15) is 15.9 Å². The summed E-state index contributed by atoms with van der Waals surface area (Å²) in [5.41, 5.74) is 2.01. The number of sulfonamides is 1. The Morgan fingerprint density at radius 2 is 1.55 bits per heavy atom. The number of fused-ring (bicyclic) bond motifs is 1. The molecule has 0 spiro atoms. The van der Waals surface area contributed by atoms with Gasteiger partial charge in [0.05, 0.1) is 10.7 Å². The van der Waals surface area contributed by atoms with Crippen LogP contribution in [0.4, 0.5) is 11.4 Å². The van der Waals surface area contributed by atoms with Gasteiger partial charge < -0.3 is 5.32 Å². The molecule has 4 aromatic rings. The average molecular weight is 451 g/mol. The zero-order valence-electron chi connectivity index (χ0n) is 16.6. The van der Waals surface area contributed by atoms with Crippen LogP contribution in [0.2, 0.25) is 5.02 Å². The number of carbonyl (C=O) groups is 1. The lowest BCUT2D eigenvalue weighted by Crippen LogP contribution is -2.17. The number of anilines is 2. The number of nitrogens with one attached hydrogen (secondary N) is 2. The van der Waals surface area contributed by atoms with Gasteiger partial charge in [0.15, 0.2) is 0 Å². The van der Waals surface area contributed by atoms with Crippen LogP contribution < -0.4 is 10.0 Å². The molecule has 5 nitrogen and oxygen atoms in total. The number of hydrogen-bond donors (Lipinski definition) is 2. The lowest BCUT2D eigenvalue weighted by molar-refractivity contribution is 0.102. The molecule has 0 saturated heterocycles. The fraction of sp³-hybridized carbons (Fsp3) is 0.0417. The Morgan fingerprint density at radius 3 is 2.32 bits per heavy atom. The minimum atomic E-state index is -3.99. The number of para-hydroxylation sites is 1. The van der Waals surface area contributed by atoms with Crippen LogP contribution in [-0.2, 0) is 10.0 Å². The molecule has 0 unspecified atom stereocenters. The lowest BCUT2D eigenvalue weighted by atomic mass is 10.1. The molecule has 0 aromatic heterocycles. The zero-order valence-corrected chi connectivity index (χ0v) is 18.2. The summed E-state index contributed by atoms with van der Waals surface area (Å²) in [7, 11) is -3.99. The smallest absolute Gasteiger partial charge is 0.263 e. The summed E-state index contributed by atoms with van der Waals surface area (Å²) < 4.78 is 28.4. The van der Waals surface area contributed by atoms with Crippen LogP contribution in [0, 0.1) is 6.92 Å². The summed E-state index contributed by atoms with van der Waals surface area (Å²) in [4.78, 5) is 12.6. The predicted octanol–water partition coefficient (Wildman–Crippen LogP) is 5.85. The SMILES string of the molecule is Cc1ccccc1NS(=O)(=O)c1cc(C(=O)Nc2ccc3ccccc3c2)ccc1Cl. The van der Waals surface area contributed by atoms with E-state index in [9.17, 15) is 13.2 Å². The molecule has 0 radical (unpaired) electrons. The zero-order chi connectivity index (χ0) is 22.0. The number of halogens is 1. The molecule has 0 heterocycles. The van der Waals surface area contributed by atoms with Crippen LogP contribution in [0.15, 0.2) is 89.8 Å². The molecule has 31 heavy (non-hydrogen) atoms. The monoisotopic (exact) mass is 450 g/mol. The molecule has 0 saturated carbocycles.